The molecule has 1 N–H and O–H groups in total. The molecule has 144 valence electrons. The SMILES string of the molecule is Clc1ncc(CC2CN(Cc3cnc(Cl)s3)NN(Cc3cnc(Cl)s3)C2)s1. The number of hydrogen-bond acceptors (Lipinski definition) is 9. The van der Waals surface area contributed by atoms with Crippen LogP contribution in [0.25, 0.3) is 0 Å². The third-order valence-corrected chi connectivity index (χ3v) is 7.34. The van der Waals surface area contributed by atoms with Crippen molar-refractivity contribution < 1.29 is 0 Å². The zero-order chi connectivity index (χ0) is 18.8. The topological polar surface area (TPSA) is 57.2 Å². The van der Waals surface area contributed by atoms with Crippen LogP contribution in [0.3, 0.4) is 0 Å². The highest BCUT2D eigenvalue weighted by Gasteiger charge is 2.27. The summed E-state index contributed by atoms with van der Waals surface area (Å²) in [6, 6.07) is 0. The molecule has 0 atom stereocenters. The van der Waals surface area contributed by atoms with Gasteiger partial charge in [-0.25, -0.2) is 25.0 Å². The Kier molecular flexibility index (Phi) is 6.63. The summed E-state index contributed by atoms with van der Waals surface area (Å²) in [6.07, 6.45) is 6.46. The maximum absolute atomic E-state index is 5.99. The molecule has 4 heterocycles. The number of thiazole rings is 3. The van der Waals surface area contributed by atoms with E-state index in [4.69, 9.17) is 34.8 Å². The second kappa shape index (κ2) is 8.98. The van der Waals surface area contributed by atoms with E-state index in [2.05, 4.69) is 30.5 Å². The third kappa shape index (κ3) is 5.59. The van der Waals surface area contributed by atoms with Crippen molar-refractivity contribution in [1.29, 1.82) is 0 Å². The summed E-state index contributed by atoms with van der Waals surface area (Å²) in [7, 11) is 0. The van der Waals surface area contributed by atoms with Gasteiger partial charge in [0.25, 0.3) is 0 Å². The summed E-state index contributed by atoms with van der Waals surface area (Å²) < 4.78 is 1.72. The quantitative estimate of drug-likeness (QED) is 0.555. The fraction of sp³-hybridized carbons (Fsp3) is 0.400. The Balaban J connectivity index is 1.46. The average Bonchev–Trinajstić information content (AvgIpc) is 3.31. The molecule has 4 rings (SSSR count). The number of hydrazine groups is 2. The Morgan fingerprint density at radius 1 is 0.815 bits per heavy atom. The molecule has 0 spiro atoms. The molecule has 0 aliphatic carbocycles. The van der Waals surface area contributed by atoms with Gasteiger partial charge in [-0.1, -0.05) is 34.8 Å². The first-order chi connectivity index (χ1) is 13.0. The standard InChI is InChI=1S/C15H15Cl3N6S3/c16-13-19-2-10(25-13)1-9-5-23(7-11-3-20-14(17)26-11)22-24(6-9)8-12-4-21-15(18)27-12/h2-4,9,22H,1,5-8H2. The molecule has 0 bridgehead atoms. The van der Waals surface area contributed by atoms with Gasteiger partial charge < -0.3 is 0 Å². The molecule has 0 unspecified atom stereocenters. The van der Waals surface area contributed by atoms with Crippen LogP contribution in [0.2, 0.25) is 13.4 Å². The largest absolute Gasteiger partial charge is 0.233 e. The lowest BCUT2D eigenvalue weighted by atomic mass is 10.0. The van der Waals surface area contributed by atoms with Gasteiger partial charge in [-0.15, -0.1) is 34.0 Å². The van der Waals surface area contributed by atoms with Crippen LogP contribution < -0.4 is 5.53 Å². The molecular weight excluding hydrogens is 467 g/mol. The van der Waals surface area contributed by atoms with E-state index in [-0.39, 0.29) is 0 Å². The molecule has 0 radical (unpaired) electrons. The van der Waals surface area contributed by atoms with Crippen LogP contribution in [0.4, 0.5) is 0 Å². The first kappa shape index (κ1) is 19.9. The van der Waals surface area contributed by atoms with E-state index >= 15 is 0 Å². The second-order valence-corrected chi connectivity index (χ2v) is 11.3. The van der Waals surface area contributed by atoms with E-state index in [1.54, 1.807) is 11.3 Å². The van der Waals surface area contributed by atoms with Crippen LogP contribution >= 0.6 is 68.8 Å². The summed E-state index contributed by atoms with van der Waals surface area (Å²) in [5, 5.41) is 4.40. The number of hydrogen-bond donors (Lipinski definition) is 1. The lowest BCUT2D eigenvalue weighted by molar-refractivity contribution is -0.0528. The van der Waals surface area contributed by atoms with E-state index in [0.29, 0.717) is 19.3 Å². The van der Waals surface area contributed by atoms with E-state index in [1.807, 2.05) is 18.6 Å². The van der Waals surface area contributed by atoms with Crippen LogP contribution in [-0.2, 0) is 19.5 Å². The third-order valence-electron chi connectivity index (χ3n) is 4.00. The van der Waals surface area contributed by atoms with E-state index in [0.717, 1.165) is 42.4 Å². The van der Waals surface area contributed by atoms with Crippen molar-refractivity contribution in [2.75, 3.05) is 13.1 Å². The molecule has 0 amide bonds. The zero-order valence-corrected chi connectivity index (χ0v) is 18.7. The normalized spacial score (nSPS) is 17.0. The van der Waals surface area contributed by atoms with Gasteiger partial charge in [0.2, 0.25) is 0 Å². The molecule has 3 aromatic heterocycles. The molecule has 12 heteroatoms. The van der Waals surface area contributed by atoms with E-state index in [1.165, 1.54) is 27.6 Å². The Bertz CT molecular complexity index is 776. The first-order valence-corrected chi connectivity index (χ1v) is 11.7. The Labute approximate surface area is 183 Å². The maximum Gasteiger partial charge on any atom is 0.183 e. The van der Waals surface area contributed by atoms with Crippen molar-refractivity contribution in [3.8, 4) is 0 Å². The van der Waals surface area contributed by atoms with Gasteiger partial charge in [0.15, 0.2) is 13.4 Å². The summed E-state index contributed by atoms with van der Waals surface area (Å²) in [5.41, 5.74) is 3.49. The van der Waals surface area contributed by atoms with Gasteiger partial charge in [0.1, 0.15) is 0 Å². The van der Waals surface area contributed by atoms with Crippen LogP contribution in [0.15, 0.2) is 18.6 Å². The number of halogens is 3. The van der Waals surface area contributed by atoms with Crippen LogP contribution in [-0.4, -0.2) is 38.1 Å². The fourth-order valence-corrected chi connectivity index (χ4v) is 6.12. The molecule has 1 aliphatic rings. The molecule has 0 saturated carbocycles. The number of rotatable bonds is 6. The minimum absolute atomic E-state index is 0.439. The number of aromatic nitrogens is 3. The van der Waals surface area contributed by atoms with E-state index in [9.17, 15) is 0 Å². The predicted molar refractivity (Wildman–Crippen MR) is 113 cm³/mol. The summed E-state index contributed by atoms with van der Waals surface area (Å²) in [5.74, 6) is 0.439. The average molecular weight is 482 g/mol. The van der Waals surface area contributed by atoms with Gasteiger partial charge in [-0.2, -0.15) is 5.53 Å². The predicted octanol–water partition coefficient (Wildman–Crippen LogP) is 4.61. The summed E-state index contributed by atoms with van der Waals surface area (Å²) >= 11 is 22.5. The lowest BCUT2D eigenvalue weighted by Crippen LogP contribution is -2.58. The molecule has 6 nitrogen and oxygen atoms in total. The van der Waals surface area contributed by atoms with E-state index < -0.39 is 0 Å². The Morgan fingerprint density at radius 3 is 1.67 bits per heavy atom. The second-order valence-electron chi connectivity index (χ2n) is 6.17. The van der Waals surface area contributed by atoms with Gasteiger partial charge in [-0.05, 0) is 12.3 Å². The number of nitrogens with zero attached hydrogens (tertiary/aromatic N) is 5. The van der Waals surface area contributed by atoms with Crippen molar-refractivity contribution in [1.82, 2.24) is 30.5 Å². The van der Waals surface area contributed by atoms with Crippen LogP contribution in [0.5, 0.6) is 0 Å². The summed E-state index contributed by atoms with van der Waals surface area (Å²) in [6.45, 7) is 3.30. The molecule has 3 aromatic rings. The highest BCUT2D eigenvalue weighted by atomic mass is 35.5. The highest BCUT2D eigenvalue weighted by Crippen LogP contribution is 2.26. The molecule has 1 fully saturated rings. The van der Waals surface area contributed by atoms with Crippen LogP contribution in [0.1, 0.15) is 14.6 Å². The monoisotopic (exact) mass is 480 g/mol. The van der Waals surface area contributed by atoms with Crippen molar-refractivity contribution in [2.24, 2.45) is 5.92 Å². The van der Waals surface area contributed by atoms with Gasteiger partial charge in [0.05, 0.1) is 13.1 Å². The fourth-order valence-electron chi connectivity index (χ4n) is 3.04. The first-order valence-electron chi connectivity index (χ1n) is 8.10. The Hall–Kier alpha value is -0.360. The van der Waals surface area contributed by atoms with Crippen molar-refractivity contribution in [2.45, 2.75) is 19.5 Å². The van der Waals surface area contributed by atoms with Crippen molar-refractivity contribution in [3.05, 3.63) is 46.6 Å². The van der Waals surface area contributed by atoms with Crippen molar-refractivity contribution >= 4 is 68.8 Å². The minimum Gasteiger partial charge on any atom is -0.233 e. The Morgan fingerprint density at radius 2 is 1.26 bits per heavy atom. The molecule has 27 heavy (non-hydrogen) atoms. The van der Waals surface area contributed by atoms with Crippen molar-refractivity contribution in [3.63, 3.8) is 0 Å². The zero-order valence-electron chi connectivity index (χ0n) is 13.9. The van der Waals surface area contributed by atoms with Gasteiger partial charge >= 0.3 is 0 Å². The molecule has 1 aliphatic heterocycles. The highest BCUT2D eigenvalue weighted by molar-refractivity contribution is 7.16. The lowest BCUT2D eigenvalue weighted by Gasteiger charge is -2.40. The molecule has 0 aromatic carbocycles. The minimum atomic E-state index is 0.439. The number of nitrogens with one attached hydrogen (secondary N) is 1. The van der Waals surface area contributed by atoms with Gasteiger partial charge in [0, 0.05) is 46.3 Å². The van der Waals surface area contributed by atoms with Gasteiger partial charge in [-0.3, -0.25) is 0 Å². The molecular formula is C15H15Cl3N6S3. The van der Waals surface area contributed by atoms with Crippen LogP contribution in [0, 0.1) is 5.92 Å². The molecule has 1 saturated heterocycles. The summed E-state index contributed by atoms with van der Waals surface area (Å²) in [4.78, 5) is 15.9. The smallest absolute Gasteiger partial charge is 0.183 e. The maximum atomic E-state index is 5.99.